The van der Waals surface area contributed by atoms with Crippen molar-refractivity contribution in [2.45, 2.75) is 32.3 Å². The second kappa shape index (κ2) is 7.75. The number of nitrogens with one attached hydrogen (secondary N) is 1. The highest BCUT2D eigenvalue weighted by molar-refractivity contribution is 5.50. The predicted octanol–water partition coefficient (Wildman–Crippen LogP) is 2.54. The molecule has 1 aromatic rings. The van der Waals surface area contributed by atoms with Crippen molar-refractivity contribution in [3.63, 3.8) is 0 Å². The van der Waals surface area contributed by atoms with Crippen LogP contribution in [0, 0.1) is 11.3 Å². The highest BCUT2D eigenvalue weighted by Gasteiger charge is 2.38. The first kappa shape index (κ1) is 17.0. The van der Waals surface area contributed by atoms with E-state index in [4.69, 9.17) is 5.41 Å². The molecule has 2 rings (SSSR count). The number of hydrogen-bond acceptors (Lipinski definition) is 3. The summed E-state index contributed by atoms with van der Waals surface area (Å²) in [5.74, 6) is 0.260. The summed E-state index contributed by atoms with van der Waals surface area (Å²) < 4.78 is 0. The second-order valence-electron chi connectivity index (χ2n) is 6.24. The summed E-state index contributed by atoms with van der Waals surface area (Å²) in [6.07, 6.45) is 3.37. The fourth-order valence-corrected chi connectivity index (χ4v) is 3.54. The van der Waals surface area contributed by atoms with E-state index in [9.17, 15) is 5.11 Å². The number of aliphatic hydroxyl groups is 1. The molecule has 0 bridgehead atoms. The van der Waals surface area contributed by atoms with Gasteiger partial charge in [0.15, 0.2) is 0 Å². The maximum absolute atomic E-state index is 11.5. The fourth-order valence-electron chi connectivity index (χ4n) is 3.54. The lowest BCUT2D eigenvalue weighted by Gasteiger charge is -2.42. The Balaban J connectivity index is 2.17. The fraction of sp³-hybridized carbons (Fsp3) is 0.611. The quantitative estimate of drug-likeness (QED) is 0.601. The summed E-state index contributed by atoms with van der Waals surface area (Å²) in [6.45, 7) is 8.56. The summed E-state index contributed by atoms with van der Waals surface area (Å²) in [6, 6.07) is 10.1. The Bertz CT molecular complexity index is 453. The van der Waals surface area contributed by atoms with Crippen LogP contribution >= 0.6 is 0 Å². The number of piperazine rings is 1. The Morgan fingerprint density at radius 3 is 2.23 bits per heavy atom. The van der Waals surface area contributed by atoms with Gasteiger partial charge in [-0.3, -0.25) is 10.3 Å². The summed E-state index contributed by atoms with van der Waals surface area (Å²) >= 11 is 0. The van der Waals surface area contributed by atoms with Gasteiger partial charge in [-0.25, -0.2) is 0 Å². The first-order valence-corrected chi connectivity index (χ1v) is 8.39. The van der Waals surface area contributed by atoms with Crippen molar-refractivity contribution < 1.29 is 5.11 Å². The molecule has 1 aromatic carbocycles. The molecule has 0 aromatic heterocycles. The number of rotatable bonds is 7. The van der Waals surface area contributed by atoms with E-state index >= 15 is 0 Å². The third-order valence-corrected chi connectivity index (χ3v) is 4.99. The van der Waals surface area contributed by atoms with E-state index in [2.05, 4.69) is 18.7 Å². The zero-order chi connectivity index (χ0) is 16.0. The van der Waals surface area contributed by atoms with E-state index in [1.807, 2.05) is 35.2 Å². The third-order valence-electron chi connectivity index (χ3n) is 4.99. The van der Waals surface area contributed by atoms with Gasteiger partial charge < -0.3 is 10.0 Å². The van der Waals surface area contributed by atoms with E-state index < -0.39 is 5.60 Å². The van der Waals surface area contributed by atoms with Crippen molar-refractivity contribution in [2.75, 3.05) is 32.7 Å². The smallest absolute Gasteiger partial charge is 0.105 e. The van der Waals surface area contributed by atoms with Gasteiger partial charge in [0.05, 0.1) is 6.34 Å². The molecule has 2 N–H and O–H groups in total. The maximum Gasteiger partial charge on any atom is 0.105 e. The standard InChI is InChI=1S/C18H29N3O/c1-3-16(4-2)18(22,17-8-6-5-7-9-17)14-20-10-12-21(15-19)13-11-20/h5-9,15-16,19,22H,3-4,10-14H2,1-2H3. The van der Waals surface area contributed by atoms with E-state index in [1.54, 1.807) is 0 Å². The van der Waals surface area contributed by atoms with Crippen LogP contribution in [0.4, 0.5) is 0 Å². The molecule has 1 saturated heterocycles. The molecule has 1 fully saturated rings. The summed E-state index contributed by atoms with van der Waals surface area (Å²) in [5.41, 5.74) is 0.232. The van der Waals surface area contributed by atoms with Crippen LogP contribution in [0.2, 0.25) is 0 Å². The van der Waals surface area contributed by atoms with Gasteiger partial charge in [-0.05, 0) is 11.5 Å². The Kier molecular flexibility index (Phi) is 5.98. The zero-order valence-electron chi connectivity index (χ0n) is 13.8. The van der Waals surface area contributed by atoms with E-state index in [0.717, 1.165) is 44.6 Å². The Hall–Kier alpha value is -1.39. The van der Waals surface area contributed by atoms with E-state index in [1.165, 1.54) is 6.34 Å². The third kappa shape index (κ3) is 3.68. The van der Waals surface area contributed by atoms with Crippen LogP contribution in [0.1, 0.15) is 32.3 Å². The van der Waals surface area contributed by atoms with Crippen LogP contribution in [0.5, 0.6) is 0 Å². The number of benzene rings is 1. The average molecular weight is 303 g/mol. The summed E-state index contributed by atoms with van der Waals surface area (Å²) in [5, 5.41) is 18.9. The van der Waals surface area contributed by atoms with Crippen molar-refractivity contribution in [1.82, 2.24) is 9.80 Å². The Labute approximate surface area is 134 Å². The molecule has 1 atom stereocenters. The lowest BCUT2D eigenvalue weighted by Crippen LogP contribution is -2.52. The minimum Gasteiger partial charge on any atom is -0.384 e. The number of β-amino-alcohol motifs (C(OH)–C–C–N with tert-alkyl or cyclic N) is 1. The molecular weight excluding hydrogens is 274 g/mol. The lowest BCUT2D eigenvalue weighted by molar-refractivity contribution is -0.0597. The zero-order valence-corrected chi connectivity index (χ0v) is 13.8. The SMILES string of the molecule is CCC(CC)C(O)(CN1CCN(C=N)CC1)c1ccccc1. The van der Waals surface area contributed by atoms with Crippen molar-refractivity contribution in [1.29, 1.82) is 5.41 Å². The van der Waals surface area contributed by atoms with Crippen molar-refractivity contribution in [3.05, 3.63) is 35.9 Å². The summed E-state index contributed by atoms with van der Waals surface area (Å²) in [4.78, 5) is 4.36. The monoisotopic (exact) mass is 303 g/mol. The van der Waals surface area contributed by atoms with Crippen molar-refractivity contribution >= 4 is 6.34 Å². The molecule has 4 nitrogen and oxygen atoms in total. The molecule has 0 amide bonds. The molecule has 0 radical (unpaired) electrons. The molecule has 1 unspecified atom stereocenters. The van der Waals surface area contributed by atoms with Crippen molar-refractivity contribution in [3.8, 4) is 0 Å². The first-order chi connectivity index (χ1) is 10.6. The minimum absolute atomic E-state index is 0.260. The van der Waals surface area contributed by atoms with Gasteiger partial charge in [-0.1, -0.05) is 57.0 Å². The molecule has 22 heavy (non-hydrogen) atoms. The first-order valence-electron chi connectivity index (χ1n) is 8.39. The molecule has 4 heteroatoms. The largest absolute Gasteiger partial charge is 0.384 e. The highest BCUT2D eigenvalue weighted by atomic mass is 16.3. The molecule has 1 aliphatic rings. The minimum atomic E-state index is -0.794. The molecule has 1 heterocycles. The van der Waals surface area contributed by atoms with Crippen LogP contribution in [-0.2, 0) is 5.60 Å². The highest BCUT2D eigenvalue weighted by Crippen LogP contribution is 2.35. The Morgan fingerprint density at radius 1 is 1.14 bits per heavy atom. The summed E-state index contributed by atoms with van der Waals surface area (Å²) in [7, 11) is 0. The number of hydrogen-bond donors (Lipinski definition) is 2. The molecule has 1 aliphatic heterocycles. The van der Waals surface area contributed by atoms with Gasteiger partial charge in [0.1, 0.15) is 5.60 Å². The topological polar surface area (TPSA) is 50.6 Å². The van der Waals surface area contributed by atoms with Gasteiger partial charge in [-0.2, -0.15) is 0 Å². The van der Waals surface area contributed by atoms with Gasteiger partial charge in [-0.15, -0.1) is 0 Å². The van der Waals surface area contributed by atoms with Crippen molar-refractivity contribution in [2.24, 2.45) is 5.92 Å². The predicted molar refractivity (Wildman–Crippen MR) is 91.2 cm³/mol. The molecule has 0 aliphatic carbocycles. The Morgan fingerprint density at radius 2 is 1.73 bits per heavy atom. The van der Waals surface area contributed by atoms with Crippen LogP contribution in [0.25, 0.3) is 0 Å². The maximum atomic E-state index is 11.5. The van der Waals surface area contributed by atoms with Crippen LogP contribution in [-0.4, -0.2) is 54.0 Å². The van der Waals surface area contributed by atoms with E-state index in [-0.39, 0.29) is 5.92 Å². The van der Waals surface area contributed by atoms with Crippen LogP contribution in [0.3, 0.4) is 0 Å². The number of nitrogens with zero attached hydrogens (tertiary/aromatic N) is 2. The van der Waals surface area contributed by atoms with Gasteiger partial charge in [0, 0.05) is 32.7 Å². The average Bonchev–Trinajstić information content (AvgIpc) is 2.57. The van der Waals surface area contributed by atoms with Gasteiger partial charge in [0.2, 0.25) is 0 Å². The normalized spacial score (nSPS) is 19.2. The van der Waals surface area contributed by atoms with Crippen LogP contribution < -0.4 is 0 Å². The van der Waals surface area contributed by atoms with Crippen LogP contribution in [0.15, 0.2) is 30.3 Å². The van der Waals surface area contributed by atoms with Gasteiger partial charge in [0.25, 0.3) is 0 Å². The lowest BCUT2D eigenvalue weighted by atomic mass is 9.77. The van der Waals surface area contributed by atoms with Gasteiger partial charge >= 0.3 is 0 Å². The molecule has 0 saturated carbocycles. The molecule has 0 spiro atoms. The van der Waals surface area contributed by atoms with E-state index in [0.29, 0.717) is 6.54 Å². The molecule has 122 valence electrons. The molecular formula is C18H29N3O. The second-order valence-corrected chi connectivity index (χ2v) is 6.24.